The largest absolute Gasteiger partial charge is 0.287 e. The fourth-order valence-electron chi connectivity index (χ4n) is 0.328. The number of hydrogen-bond donors (Lipinski definition) is 4. The van der Waals surface area contributed by atoms with Crippen LogP contribution in [0.25, 0.3) is 0 Å². The number of amidine groups is 2. The summed E-state index contributed by atoms with van der Waals surface area (Å²) < 4.78 is 0. The Labute approximate surface area is 61.0 Å². The van der Waals surface area contributed by atoms with Crippen LogP contribution in [0.1, 0.15) is 26.7 Å². The van der Waals surface area contributed by atoms with Gasteiger partial charge in [-0.15, -0.1) is 0 Å². The molecule has 0 aromatic carbocycles. The molecule has 0 unspecified atom stereocenters. The average Bonchev–Trinajstić information content (AvgIpc) is 1.99. The Bertz CT molecular complexity index is 114. The molecule has 0 bridgehead atoms. The third-order valence-electron chi connectivity index (χ3n) is 1.07. The molecule has 0 aliphatic carbocycles. The molecule has 0 heterocycles. The highest BCUT2D eigenvalue weighted by atomic mass is 15.4. The maximum atomic E-state index is 7.14. The predicted octanol–water partition coefficient (Wildman–Crippen LogP) is 0.855. The van der Waals surface area contributed by atoms with Crippen molar-refractivity contribution >= 4 is 11.7 Å². The van der Waals surface area contributed by atoms with Crippen molar-refractivity contribution in [2.45, 2.75) is 26.7 Å². The van der Waals surface area contributed by atoms with Gasteiger partial charge in [0.05, 0.1) is 0 Å². The Hall–Kier alpha value is -1.06. The predicted molar refractivity (Wildman–Crippen MR) is 42.3 cm³/mol. The van der Waals surface area contributed by atoms with E-state index in [0.717, 1.165) is 0 Å². The summed E-state index contributed by atoms with van der Waals surface area (Å²) in [5.41, 5.74) is 5.18. The molecule has 0 saturated carbocycles. The van der Waals surface area contributed by atoms with Crippen molar-refractivity contribution in [2.24, 2.45) is 0 Å². The number of nitrogens with one attached hydrogen (secondary N) is 4. The van der Waals surface area contributed by atoms with E-state index in [0.29, 0.717) is 24.5 Å². The SMILES string of the molecule is CCC(=N)NNC(=N)CC. The van der Waals surface area contributed by atoms with Gasteiger partial charge >= 0.3 is 0 Å². The molecule has 0 radical (unpaired) electrons. The van der Waals surface area contributed by atoms with Gasteiger partial charge in [0.2, 0.25) is 0 Å². The van der Waals surface area contributed by atoms with Gasteiger partial charge in [0.15, 0.2) is 0 Å². The third-order valence-corrected chi connectivity index (χ3v) is 1.07. The van der Waals surface area contributed by atoms with Crippen molar-refractivity contribution < 1.29 is 0 Å². The first kappa shape index (κ1) is 8.94. The summed E-state index contributed by atoms with van der Waals surface area (Å²) in [6, 6.07) is 0. The molecule has 0 atom stereocenters. The van der Waals surface area contributed by atoms with Crippen LogP contribution >= 0.6 is 0 Å². The standard InChI is InChI=1S/C6H14N4/c1-3-5(7)9-10-6(8)4-2/h3-4H2,1-2H3,(H2,7,9)(H2,8,10). The summed E-state index contributed by atoms with van der Waals surface area (Å²) in [5, 5.41) is 14.3. The summed E-state index contributed by atoms with van der Waals surface area (Å²) in [6.07, 6.45) is 1.31. The summed E-state index contributed by atoms with van der Waals surface area (Å²) in [5.74, 6) is 0.802. The lowest BCUT2D eigenvalue weighted by atomic mass is 10.4. The molecule has 0 rings (SSSR count). The normalized spacial score (nSPS) is 8.60. The zero-order valence-corrected chi connectivity index (χ0v) is 6.41. The second-order valence-electron chi connectivity index (χ2n) is 1.91. The minimum absolute atomic E-state index is 0.401. The summed E-state index contributed by atoms with van der Waals surface area (Å²) in [4.78, 5) is 0. The number of hydrazine groups is 1. The molecule has 4 nitrogen and oxygen atoms in total. The highest BCUT2D eigenvalue weighted by molar-refractivity contribution is 5.84. The molecule has 0 amide bonds. The Morgan fingerprint density at radius 1 is 1.00 bits per heavy atom. The van der Waals surface area contributed by atoms with Crippen molar-refractivity contribution in [1.29, 1.82) is 10.8 Å². The Balaban J connectivity index is 3.35. The van der Waals surface area contributed by atoms with E-state index in [2.05, 4.69) is 10.9 Å². The van der Waals surface area contributed by atoms with Crippen LogP contribution in [0, 0.1) is 10.8 Å². The molecule has 0 aromatic rings. The van der Waals surface area contributed by atoms with E-state index < -0.39 is 0 Å². The van der Waals surface area contributed by atoms with Gasteiger partial charge in [0.25, 0.3) is 0 Å². The molecule has 0 saturated heterocycles. The molecule has 0 spiro atoms. The molecular formula is C6H14N4. The first-order valence-electron chi connectivity index (χ1n) is 3.37. The molecule has 0 aromatic heterocycles. The molecule has 0 aliphatic rings. The quantitative estimate of drug-likeness (QED) is 0.262. The molecule has 10 heavy (non-hydrogen) atoms. The van der Waals surface area contributed by atoms with Gasteiger partial charge in [-0.3, -0.25) is 21.7 Å². The van der Waals surface area contributed by atoms with E-state index in [1.54, 1.807) is 0 Å². The van der Waals surface area contributed by atoms with Gasteiger partial charge in [-0.1, -0.05) is 13.8 Å². The Morgan fingerprint density at radius 2 is 1.30 bits per heavy atom. The summed E-state index contributed by atoms with van der Waals surface area (Å²) in [6.45, 7) is 3.76. The molecular weight excluding hydrogens is 128 g/mol. The van der Waals surface area contributed by atoms with E-state index in [-0.39, 0.29) is 0 Å². The molecule has 58 valence electrons. The lowest BCUT2D eigenvalue weighted by Gasteiger charge is -2.07. The Morgan fingerprint density at radius 3 is 1.50 bits per heavy atom. The third kappa shape index (κ3) is 3.88. The van der Waals surface area contributed by atoms with Crippen molar-refractivity contribution in [3.05, 3.63) is 0 Å². The highest BCUT2D eigenvalue weighted by Crippen LogP contribution is 1.75. The van der Waals surface area contributed by atoms with Crippen molar-refractivity contribution in [3.63, 3.8) is 0 Å². The number of rotatable bonds is 2. The smallest absolute Gasteiger partial charge is 0.112 e. The van der Waals surface area contributed by atoms with Crippen LogP contribution in [0.3, 0.4) is 0 Å². The average molecular weight is 142 g/mol. The van der Waals surface area contributed by atoms with Crippen LogP contribution < -0.4 is 10.9 Å². The van der Waals surface area contributed by atoms with Crippen LogP contribution in [0.2, 0.25) is 0 Å². The van der Waals surface area contributed by atoms with Crippen LogP contribution in [0.15, 0.2) is 0 Å². The van der Waals surface area contributed by atoms with Crippen molar-refractivity contribution in [2.75, 3.05) is 0 Å². The second-order valence-corrected chi connectivity index (χ2v) is 1.91. The second kappa shape index (κ2) is 4.78. The molecule has 0 aliphatic heterocycles. The monoisotopic (exact) mass is 142 g/mol. The van der Waals surface area contributed by atoms with Crippen molar-refractivity contribution in [3.8, 4) is 0 Å². The van der Waals surface area contributed by atoms with Gasteiger partial charge in [-0.05, 0) is 0 Å². The Kier molecular flexibility index (Phi) is 4.28. The van der Waals surface area contributed by atoms with Crippen LogP contribution in [-0.4, -0.2) is 11.7 Å². The van der Waals surface area contributed by atoms with Crippen LogP contribution in [-0.2, 0) is 0 Å². The maximum Gasteiger partial charge on any atom is 0.112 e. The topological polar surface area (TPSA) is 71.8 Å². The van der Waals surface area contributed by atoms with Gasteiger partial charge in [-0.2, -0.15) is 0 Å². The van der Waals surface area contributed by atoms with Gasteiger partial charge in [-0.25, -0.2) is 0 Å². The van der Waals surface area contributed by atoms with Gasteiger partial charge in [0.1, 0.15) is 11.7 Å². The fraction of sp³-hybridized carbons (Fsp3) is 0.667. The van der Waals surface area contributed by atoms with Gasteiger partial charge in [0, 0.05) is 12.8 Å². The van der Waals surface area contributed by atoms with Crippen LogP contribution in [0.4, 0.5) is 0 Å². The first-order valence-corrected chi connectivity index (χ1v) is 3.37. The van der Waals surface area contributed by atoms with Crippen LogP contribution in [0.5, 0.6) is 0 Å². The lowest BCUT2D eigenvalue weighted by molar-refractivity contribution is 0.811. The minimum Gasteiger partial charge on any atom is -0.287 e. The maximum absolute atomic E-state index is 7.14. The first-order chi connectivity index (χ1) is 4.70. The van der Waals surface area contributed by atoms with E-state index in [1.807, 2.05) is 13.8 Å². The zero-order chi connectivity index (χ0) is 7.98. The molecule has 4 heteroatoms. The van der Waals surface area contributed by atoms with E-state index >= 15 is 0 Å². The summed E-state index contributed by atoms with van der Waals surface area (Å²) in [7, 11) is 0. The lowest BCUT2D eigenvalue weighted by Crippen LogP contribution is -2.40. The van der Waals surface area contributed by atoms with E-state index in [1.165, 1.54) is 0 Å². The van der Waals surface area contributed by atoms with Crippen molar-refractivity contribution in [1.82, 2.24) is 10.9 Å². The number of hydrogen-bond acceptors (Lipinski definition) is 2. The molecule has 4 N–H and O–H groups in total. The highest BCUT2D eigenvalue weighted by Gasteiger charge is 1.91. The van der Waals surface area contributed by atoms with E-state index in [4.69, 9.17) is 10.8 Å². The summed E-state index contributed by atoms with van der Waals surface area (Å²) >= 11 is 0. The zero-order valence-electron chi connectivity index (χ0n) is 6.41. The molecule has 0 fully saturated rings. The minimum atomic E-state index is 0.401. The fourth-order valence-corrected chi connectivity index (χ4v) is 0.328. The van der Waals surface area contributed by atoms with Gasteiger partial charge < -0.3 is 0 Å². The van der Waals surface area contributed by atoms with E-state index in [9.17, 15) is 0 Å².